The van der Waals surface area contributed by atoms with Crippen LogP contribution in [0.5, 0.6) is 0 Å². The summed E-state index contributed by atoms with van der Waals surface area (Å²) in [6, 6.07) is 6.03. The number of hydrogen-bond acceptors (Lipinski definition) is 4. The van der Waals surface area contributed by atoms with Gasteiger partial charge < -0.3 is 5.32 Å². The van der Waals surface area contributed by atoms with Gasteiger partial charge in [0.1, 0.15) is 5.82 Å². The molecule has 0 saturated carbocycles. The van der Waals surface area contributed by atoms with E-state index in [0.717, 1.165) is 11.8 Å². The third-order valence-corrected chi connectivity index (χ3v) is 3.31. The first kappa shape index (κ1) is 14.9. The highest BCUT2D eigenvalue weighted by Gasteiger charge is 2.15. The number of rotatable bonds is 4. The number of pyridine rings is 1. The van der Waals surface area contributed by atoms with Gasteiger partial charge in [-0.1, -0.05) is 0 Å². The first-order valence-corrected chi connectivity index (χ1v) is 6.52. The lowest BCUT2D eigenvalue weighted by molar-refractivity contribution is -0.385. The van der Waals surface area contributed by atoms with Crippen LogP contribution in [0.3, 0.4) is 0 Å². The van der Waals surface area contributed by atoms with Crippen molar-refractivity contribution in [2.24, 2.45) is 0 Å². The van der Waals surface area contributed by atoms with Crippen molar-refractivity contribution in [2.75, 3.05) is 5.32 Å². The van der Waals surface area contributed by atoms with Gasteiger partial charge in [-0.2, -0.15) is 0 Å². The standard InChI is InChI=1S/C15H16FN3O2/c1-9-6-10(2)15(19(20)21)7-14(9)18-11(3)13-5-4-12(16)8-17-13/h4-8,11,18H,1-3H3. The quantitative estimate of drug-likeness (QED) is 0.684. The number of aryl methyl sites for hydroxylation is 2. The van der Waals surface area contributed by atoms with E-state index in [4.69, 9.17) is 0 Å². The Hall–Kier alpha value is -2.50. The topological polar surface area (TPSA) is 68.1 Å². The van der Waals surface area contributed by atoms with E-state index in [-0.39, 0.29) is 11.7 Å². The summed E-state index contributed by atoms with van der Waals surface area (Å²) >= 11 is 0. The maximum Gasteiger partial charge on any atom is 0.274 e. The SMILES string of the molecule is Cc1cc(C)c([N+](=O)[O-])cc1NC(C)c1ccc(F)cn1. The molecule has 1 N–H and O–H groups in total. The molecule has 6 heteroatoms. The van der Waals surface area contributed by atoms with Gasteiger partial charge in [0.05, 0.1) is 22.9 Å². The van der Waals surface area contributed by atoms with Crippen LogP contribution in [-0.4, -0.2) is 9.91 Å². The van der Waals surface area contributed by atoms with Gasteiger partial charge in [0, 0.05) is 17.3 Å². The van der Waals surface area contributed by atoms with Crippen molar-refractivity contribution in [3.8, 4) is 0 Å². The number of nitro groups is 1. The molecule has 2 rings (SSSR count). The molecule has 1 aromatic heterocycles. The number of anilines is 1. The molecule has 0 aliphatic carbocycles. The zero-order valence-corrected chi connectivity index (χ0v) is 12.1. The van der Waals surface area contributed by atoms with Crippen LogP contribution >= 0.6 is 0 Å². The molecular weight excluding hydrogens is 273 g/mol. The van der Waals surface area contributed by atoms with E-state index < -0.39 is 10.7 Å². The fraction of sp³-hybridized carbons (Fsp3) is 0.267. The van der Waals surface area contributed by atoms with Crippen LogP contribution in [0.15, 0.2) is 30.5 Å². The van der Waals surface area contributed by atoms with Crippen molar-refractivity contribution in [1.29, 1.82) is 0 Å². The minimum absolute atomic E-state index is 0.0716. The molecule has 110 valence electrons. The highest BCUT2D eigenvalue weighted by Crippen LogP contribution is 2.28. The van der Waals surface area contributed by atoms with E-state index in [1.165, 1.54) is 12.1 Å². The van der Waals surface area contributed by atoms with Crippen LogP contribution in [0, 0.1) is 29.8 Å². The summed E-state index contributed by atoms with van der Waals surface area (Å²) in [5.41, 5.74) is 2.94. The van der Waals surface area contributed by atoms with Crippen molar-refractivity contribution < 1.29 is 9.31 Å². The minimum atomic E-state index is -0.402. The fourth-order valence-corrected chi connectivity index (χ4v) is 2.14. The zero-order valence-electron chi connectivity index (χ0n) is 12.1. The van der Waals surface area contributed by atoms with Crippen LogP contribution in [0.1, 0.15) is 29.8 Å². The molecular formula is C15H16FN3O2. The second-order valence-electron chi connectivity index (χ2n) is 4.98. The van der Waals surface area contributed by atoms with Gasteiger partial charge in [0.15, 0.2) is 0 Å². The Balaban J connectivity index is 2.28. The predicted octanol–water partition coefficient (Wildman–Crippen LogP) is 3.92. The Morgan fingerprint density at radius 1 is 1.29 bits per heavy atom. The van der Waals surface area contributed by atoms with Crippen molar-refractivity contribution in [1.82, 2.24) is 4.98 Å². The highest BCUT2D eigenvalue weighted by molar-refractivity contribution is 5.60. The molecule has 21 heavy (non-hydrogen) atoms. The summed E-state index contributed by atoms with van der Waals surface area (Å²) in [6.45, 7) is 5.45. The molecule has 1 atom stereocenters. The minimum Gasteiger partial charge on any atom is -0.377 e. The number of nitrogens with one attached hydrogen (secondary N) is 1. The molecule has 1 aromatic carbocycles. The van der Waals surface area contributed by atoms with Crippen molar-refractivity contribution in [3.05, 3.63) is 63.2 Å². The van der Waals surface area contributed by atoms with Gasteiger partial charge in [-0.15, -0.1) is 0 Å². The lowest BCUT2D eigenvalue weighted by Crippen LogP contribution is -2.10. The molecule has 0 saturated heterocycles. The number of hydrogen-bond donors (Lipinski definition) is 1. The lowest BCUT2D eigenvalue weighted by atomic mass is 10.1. The molecule has 5 nitrogen and oxygen atoms in total. The Morgan fingerprint density at radius 2 is 2.00 bits per heavy atom. The maximum absolute atomic E-state index is 12.9. The summed E-state index contributed by atoms with van der Waals surface area (Å²) in [5, 5.41) is 14.2. The largest absolute Gasteiger partial charge is 0.377 e. The van der Waals surface area contributed by atoms with Gasteiger partial charge in [0.2, 0.25) is 0 Å². The molecule has 0 spiro atoms. The smallest absolute Gasteiger partial charge is 0.274 e. The van der Waals surface area contributed by atoms with Crippen LogP contribution in [-0.2, 0) is 0 Å². The molecule has 0 amide bonds. The van der Waals surface area contributed by atoms with Crippen LogP contribution < -0.4 is 5.32 Å². The molecule has 1 heterocycles. The second-order valence-corrected chi connectivity index (χ2v) is 4.98. The van der Waals surface area contributed by atoms with E-state index in [2.05, 4.69) is 10.3 Å². The lowest BCUT2D eigenvalue weighted by Gasteiger charge is -2.17. The summed E-state index contributed by atoms with van der Waals surface area (Å²) in [5.74, 6) is -0.395. The molecule has 2 aromatic rings. The maximum atomic E-state index is 12.9. The van der Waals surface area contributed by atoms with E-state index >= 15 is 0 Å². The third-order valence-electron chi connectivity index (χ3n) is 3.31. The van der Waals surface area contributed by atoms with Crippen LogP contribution in [0.2, 0.25) is 0 Å². The fourth-order valence-electron chi connectivity index (χ4n) is 2.14. The Morgan fingerprint density at radius 3 is 2.57 bits per heavy atom. The van der Waals surface area contributed by atoms with E-state index in [9.17, 15) is 14.5 Å². The molecule has 1 unspecified atom stereocenters. The van der Waals surface area contributed by atoms with Gasteiger partial charge in [-0.05, 0) is 44.5 Å². The van der Waals surface area contributed by atoms with Gasteiger partial charge in [-0.3, -0.25) is 15.1 Å². The summed E-state index contributed by atoms with van der Waals surface area (Å²) in [7, 11) is 0. The Bertz CT molecular complexity index is 671. The number of benzene rings is 1. The Kier molecular flexibility index (Phi) is 4.16. The number of halogens is 1. The predicted molar refractivity (Wildman–Crippen MR) is 78.8 cm³/mol. The Labute approximate surface area is 122 Å². The molecule has 0 aliphatic heterocycles. The molecule has 0 bridgehead atoms. The van der Waals surface area contributed by atoms with Crippen molar-refractivity contribution in [3.63, 3.8) is 0 Å². The molecule has 0 radical (unpaired) electrons. The first-order chi connectivity index (χ1) is 9.88. The van der Waals surface area contributed by atoms with Crippen LogP contribution in [0.4, 0.5) is 15.8 Å². The normalized spacial score (nSPS) is 12.0. The molecule has 0 aliphatic rings. The number of aromatic nitrogens is 1. The third kappa shape index (κ3) is 3.34. The van der Waals surface area contributed by atoms with Crippen LogP contribution in [0.25, 0.3) is 0 Å². The monoisotopic (exact) mass is 289 g/mol. The summed E-state index contributed by atoms with van der Waals surface area (Å²) < 4.78 is 12.9. The van der Waals surface area contributed by atoms with Gasteiger partial charge in [0.25, 0.3) is 5.69 Å². The van der Waals surface area contributed by atoms with Crippen molar-refractivity contribution >= 4 is 11.4 Å². The van der Waals surface area contributed by atoms with Crippen molar-refractivity contribution in [2.45, 2.75) is 26.8 Å². The zero-order chi connectivity index (χ0) is 15.6. The van der Waals surface area contributed by atoms with Gasteiger partial charge in [-0.25, -0.2) is 4.39 Å². The first-order valence-electron chi connectivity index (χ1n) is 6.52. The van der Waals surface area contributed by atoms with Gasteiger partial charge >= 0.3 is 0 Å². The highest BCUT2D eigenvalue weighted by atomic mass is 19.1. The van der Waals surface area contributed by atoms with E-state index in [1.54, 1.807) is 19.1 Å². The average Bonchev–Trinajstić information content (AvgIpc) is 2.42. The summed E-state index contributed by atoms with van der Waals surface area (Å²) in [4.78, 5) is 14.6. The second kappa shape index (κ2) is 5.87. The average molecular weight is 289 g/mol. The van der Waals surface area contributed by atoms with E-state index in [1.807, 2.05) is 13.8 Å². The van der Waals surface area contributed by atoms with E-state index in [0.29, 0.717) is 16.9 Å². The summed E-state index contributed by atoms with van der Waals surface area (Å²) in [6.07, 6.45) is 1.15. The number of nitrogens with zero attached hydrogens (tertiary/aromatic N) is 2. The number of nitro benzene ring substituents is 1. The molecule has 0 fully saturated rings.